The van der Waals surface area contributed by atoms with E-state index in [1.54, 1.807) is 7.05 Å². The summed E-state index contributed by atoms with van der Waals surface area (Å²) >= 11 is 0. The van der Waals surface area contributed by atoms with Crippen LogP contribution in [0.4, 0.5) is 0 Å². The second kappa shape index (κ2) is 7.62. The first-order chi connectivity index (χ1) is 16.5. The van der Waals surface area contributed by atoms with Gasteiger partial charge in [-0.15, -0.1) is 10.2 Å². The number of fused-ring (bicyclic) bond motifs is 1. The molecule has 0 bridgehead atoms. The molecule has 34 heavy (non-hydrogen) atoms. The highest BCUT2D eigenvalue weighted by atomic mass is 16.2. The van der Waals surface area contributed by atoms with Crippen molar-refractivity contribution in [2.75, 3.05) is 0 Å². The fourth-order valence-corrected chi connectivity index (χ4v) is 4.45. The second-order valence-corrected chi connectivity index (χ2v) is 8.69. The first kappa shape index (κ1) is 20.3. The number of hydrogen-bond acceptors (Lipinski definition) is 6. The van der Waals surface area contributed by atoms with E-state index >= 15 is 0 Å². The van der Waals surface area contributed by atoms with Crippen LogP contribution in [0.25, 0.3) is 33.7 Å². The predicted octanol–water partition coefficient (Wildman–Crippen LogP) is 2.21. The molecule has 0 aliphatic heterocycles. The van der Waals surface area contributed by atoms with Gasteiger partial charge in [-0.05, 0) is 34.7 Å². The molecule has 5 aromatic rings. The molecular formula is C24H22N8O2. The highest BCUT2D eigenvalue weighted by Crippen LogP contribution is 2.40. The number of hydrogen-bond donors (Lipinski definition) is 1. The number of aromatic nitrogens is 8. The van der Waals surface area contributed by atoms with Crippen molar-refractivity contribution < 1.29 is 0 Å². The van der Waals surface area contributed by atoms with Gasteiger partial charge in [-0.2, -0.15) is 5.21 Å². The van der Waals surface area contributed by atoms with Crippen molar-refractivity contribution in [3.05, 3.63) is 80.8 Å². The Kier molecular flexibility index (Phi) is 4.54. The summed E-state index contributed by atoms with van der Waals surface area (Å²) < 4.78 is 4.59. The lowest BCUT2D eigenvalue weighted by Gasteiger charge is -2.11. The third kappa shape index (κ3) is 3.18. The molecule has 6 rings (SSSR count). The molecule has 0 saturated heterocycles. The average Bonchev–Trinajstić information content (AvgIpc) is 3.42. The van der Waals surface area contributed by atoms with Crippen LogP contribution in [0.1, 0.15) is 30.1 Å². The van der Waals surface area contributed by atoms with E-state index in [1.807, 2.05) is 28.8 Å². The summed E-state index contributed by atoms with van der Waals surface area (Å²) in [5, 5.41) is 14.4. The summed E-state index contributed by atoms with van der Waals surface area (Å²) in [4.78, 5) is 30.2. The largest absolute Gasteiger partial charge is 0.332 e. The molecule has 1 fully saturated rings. The van der Waals surface area contributed by atoms with E-state index in [-0.39, 0.29) is 11.2 Å². The Morgan fingerprint density at radius 3 is 2.38 bits per heavy atom. The van der Waals surface area contributed by atoms with E-state index < -0.39 is 0 Å². The molecule has 3 heterocycles. The smallest absolute Gasteiger partial charge is 0.317 e. The zero-order chi connectivity index (χ0) is 23.4. The lowest BCUT2D eigenvalue weighted by Crippen LogP contribution is -2.37. The maximum atomic E-state index is 13.0. The van der Waals surface area contributed by atoms with Crippen LogP contribution in [0, 0.1) is 0 Å². The maximum Gasteiger partial charge on any atom is 0.332 e. The van der Waals surface area contributed by atoms with E-state index in [0.717, 1.165) is 45.5 Å². The number of nitrogens with zero attached hydrogens (tertiary/aromatic N) is 7. The normalized spacial score (nSPS) is 13.6. The third-order valence-corrected chi connectivity index (χ3v) is 6.44. The number of imidazole rings is 1. The van der Waals surface area contributed by atoms with Gasteiger partial charge < -0.3 is 4.57 Å². The van der Waals surface area contributed by atoms with Crippen molar-refractivity contribution in [2.24, 2.45) is 14.1 Å². The van der Waals surface area contributed by atoms with E-state index in [0.29, 0.717) is 29.5 Å². The molecular weight excluding hydrogens is 432 g/mol. The van der Waals surface area contributed by atoms with Gasteiger partial charge in [-0.3, -0.25) is 13.9 Å². The molecule has 2 aromatic carbocycles. The summed E-state index contributed by atoms with van der Waals surface area (Å²) in [6.07, 6.45) is 2.09. The van der Waals surface area contributed by atoms with Gasteiger partial charge in [-0.1, -0.05) is 48.5 Å². The number of aromatic amines is 1. The van der Waals surface area contributed by atoms with E-state index in [4.69, 9.17) is 4.98 Å². The van der Waals surface area contributed by atoms with Crippen LogP contribution in [-0.4, -0.2) is 39.3 Å². The monoisotopic (exact) mass is 454 g/mol. The van der Waals surface area contributed by atoms with Gasteiger partial charge in [0.1, 0.15) is 5.82 Å². The molecule has 0 amide bonds. The van der Waals surface area contributed by atoms with Gasteiger partial charge in [-0.25, -0.2) is 9.78 Å². The number of H-pyrrole nitrogens is 1. The molecule has 1 aliphatic carbocycles. The van der Waals surface area contributed by atoms with E-state index in [9.17, 15) is 9.59 Å². The Balaban J connectivity index is 1.41. The van der Waals surface area contributed by atoms with E-state index in [1.165, 1.54) is 11.6 Å². The second-order valence-electron chi connectivity index (χ2n) is 8.69. The molecule has 1 aliphatic rings. The van der Waals surface area contributed by atoms with Gasteiger partial charge in [0.05, 0.1) is 0 Å². The Morgan fingerprint density at radius 1 is 0.971 bits per heavy atom. The van der Waals surface area contributed by atoms with Gasteiger partial charge in [0, 0.05) is 32.1 Å². The predicted molar refractivity (Wildman–Crippen MR) is 126 cm³/mol. The Morgan fingerprint density at radius 2 is 1.71 bits per heavy atom. The molecule has 0 spiro atoms. The number of benzene rings is 2. The quantitative estimate of drug-likeness (QED) is 0.435. The zero-order valence-corrected chi connectivity index (χ0v) is 18.8. The number of rotatable bonds is 5. The summed E-state index contributed by atoms with van der Waals surface area (Å²) in [6.45, 7) is 0.503. The van der Waals surface area contributed by atoms with Crippen molar-refractivity contribution in [1.29, 1.82) is 0 Å². The fraction of sp³-hybridized carbons (Fsp3) is 0.250. The molecule has 1 N–H and O–H groups in total. The molecule has 0 radical (unpaired) electrons. The van der Waals surface area contributed by atoms with Crippen LogP contribution in [0.15, 0.2) is 58.1 Å². The number of tetrazole rings is 1. The lowest BCUT2D eigenvalue weighted by molar-refractivity contribution is 0.699. The molecule has 10 nitrogen and oxygen atoms in total. The Hall–Kier alpha value is -4.34. The lowest BCUT2D eigenvalue weighted by atomic mass is 9.98. The van der Waals surface area contributed by atoms with Crippen molar-refractivity contribution >= 4 is 11.2 Å². The fourth-order valence-electron chi connectivity index (χ4n) is 4.45. The van der Waals surface area contributed by atoms with Crippen molar-refractivity contribution in [1.82, 2.24) is 39.3 Å². The molecule has 1 saturated carbocycles. The summed E-state index contributed by atoms with van der Waals surface area (Å²) in [6, 6.07) is 16.1. The standard InChI is InChI=1S/C24H22N8O2/c1-30-22-19(23(33)31(2)24(30)34)32(21(25-22)16-11-12-16)13-14-7-9-15(10-8-14)17-5-3-4-6-18(17)20-26-28-29-27-20/h3-10,16H,11-13H2,1-2H3,(H,26,27,28,29). The van der Waals surface area contributed by atoms with Crippen molar-refractivity contribution in [3.8, 4) is 22.5 Å². The van der Waals surface area contributed by atoms with Crippen LogP contribution in [0.2, 0.25) is 0 Å². The Bertz CT molecular complexity index is 1640. The molecule has 3 aromatic heterocycles. The molecule has 10 heteroatoms. The van der Waals surface area contributed by atoms with Crippen LogP contribution >= 0.6 is 0 Å². The van der Waals surface area contributed by atoms with Gasteiger partial charge in [0.2, 0.25) is 5.82 Å². The number of aryl methyl sites for hydroxylation is 1. The summed E-state index contributed by atoms with van der Waals surface area (Å²) in [5.74, 6) is 1.74. The van der Waals surface area contributed by atoms with E-state index in [2.05, 4.69) is 44.9 Å². The van der Waals surface area contributed by atoms with Gasteiger partial charge in [0.25, 0.3) is 5.56 Å². The minimum absolute atomic E-state index is 0.317. The first-order valence-electron chi connectivity index (χ1n) is 11.1. The highest BCUT2D eigenvalue weighted by molar-refractivity contribution is 5.80. The summed E-state index contributed by atoms with van der Waals surface area (Å²) in [5.41, 5.74) is 4.20. The topological polar surface area (TPSA) is 116 Å². The highest BCUT2D eigenvalue weighted by Gasteiger charge is 2.31. The van der Waals surface area contributed by atoms with Crippen molar-refractivity contribution in [3.63, 3.8) is 0 Å². The summed E-state index contributed by atoms with van der Waals surface area (Å²) in [7, 11) is 3.17. The minimum atomic E-state index is -0.367. The molecule has 0 atom stereocenters. The van der Waals surface area contributed by atoms with Gasteiger partial charge >= 0.3 is 5.69 Å². The minimum Gasteiger partial charge on any atom is -0.317 e. The molecule has 0 unspecified atom stereocenters. The van der Waals surface area contributed by atoms with Crippen molar-refractivity contribution in [2.45, 2.75) is 25.3 Å². The third-order valence-electron chi connectivity index (χ3n) is 6.44. The average molecular weight is 454 g/mol. The maximum absolute atomic E-state index is 13.0. The SMILES string of the molecule is Cn1c(=O)c2c(nc(C3CC3)n2Cc2ccc(-c3ccccc3-c3nn[nH]n3)cc2)n(C)c1=O. The Labute approximate surface area is 193 Å². The van der Waals surface area contributed by atoms with Crippen LogP contribution < -0.4 is 11.2 Å². The molecule has 170 valence electrons. The first-order valence-corrected chi connectivity index (χ1v) is 11.1. The van der Waals surface area contributed by atoms with Gasteiger partial charge in [0.15, 0.2) is 11.2 Å². The van der Waals surface area contributed by atoms with Crippen LogP contribution in [0.3, 0.4) is 0 Å². The van der Waals surface area contributed by atoms with Crippen LogP contribution in [-0.2, 0) is 20.6 Å². The number of nitrogens with one attached hydrogen (secondary N) is 1. The zero-order valence-electron chi connectivity index (χ0n) is 18.8. The van der Waals surface area contributed by atoms with Crippen LogP contribution in [0.5, 0.6) is 0 Å².